The number of hydrogen-bond acceptors (Lipinski definition) is 4. The van der Waals surface area contributed by atoms with Crippen molar-refractivity contribution in [1.29, 1.82) is 0 Å². The molecule has 0 radical (unpaired) electrons. The molecule has 1 saturated heterocycles. The van der Waals surface area contributed by atoms with Gasteiger partial charge in [-0.2, -0.15) is 0 Å². The van der Waals surface area contributed by atoms with E-state index in [2.05, 4.69) is 4.90 Å². The van der Waals surface area contributed by atoms with Crippen LogP contribution < -0.4 is 9.64 Å². The fourth-order valence-corrected chi connectivity index (χ4v) is 2.46. The number of aliphatic hydroxyl groups excluding tert-OH is 2. The highest BCUT2D eigenvalue weighted by Gasteiger charge is 2.27. The molecule has 4 heteroatoms. The zero-order chi connectivity index (χ0) is 13.8. The Morgan fingerprint density at radius 1 is 1.42 bits per heavy atom. The third-order valence-electron chi connectivity index (χ3n) is 3.48. The first-order chi connectivity index (χ1) is 9.10. The SMILES string of the molecule is CC(C)Oc1cccc(N2CCC(O)C(CO)C2)c1. The maximum atomic E-state index is 9.80. The maximum absolute atomic E-state index is 9.80. The van der Waals surface area contributed by atoms with Gasteiger partial charge in [-0.3, -0.25) is 0 Å². The van der Waals surface area contributed by atoms with E-state index in [9.17, 15) is 10.2 Å². The number of rotatable bonds is 4. The van der Waals surface area contributed by atoms with Crippen LogP contribution in [0, 0.1) is 5.92 Å². The molecule has 0 bridgehead atoms. The number of nitrogens with zero attached hydrogens (tertiary/aromatic N) is 1. The molecular weight excluding hydrogens is 242 g/mol. The Labute approximate surface area is 114 Å². The number of hydrogen-bond donors (Lipinski definition) is 2. The van der Waals surface area contributed by atoms with Crippen LogP contribution in [0.4, 0.5) is 5.69 Å². The van der Waals surface area contributed by atoms with Crippen molar-refractivity contribution in [1.82, 2.24) is 0 Å². The summed E-state index contributed by atoms with van der Waals surface area (Å²) in [6.07, 6.45) is 0.459. The lowest BCUT2D eigenvalue weighted by molar-refractivity contribution is 0.0525. The highest BCUT2D eigenvalue weighted by molar-refractivity contribution is 5.51. The number of ether oxygens (including phenoxy) is 1. The van der Waals surface area contributed by atoms with Crippen molar-refractivity contribution >= 4 is 5.69 Å². The molecule has 0 aromatic heterocycles. The quantitative estimate of drug-likeness (QED) is 0.869. The van der Waals surface area contributed by atoms with Crippen LogP contribution in [-0.2, 0) is 0 Å². The fourth-order valence-electron chi connectivity index (χ4n) is 2.46. The normalized spacial score (nSPS) is 23.7. The molecule has 1 heterocycles. The van der Waals surface area contributed by atoms with E-state index in [4.69, 9.17) is 4.74 Å². The molecule has 2 atom stereocenters. The van der Waals surface area contributed by atoms with E-state index in [0.717, 1.165) is 18.0 Å². The average molecular weight is 265 g/mol. The van der Waals surface area contributed by atoms with Crippen LogP contribution in [0.25, 0.3) is 0 Å². The van der Waals surface area contributed by atoms with Crippen molar-refractivity contribution in [3.8, 4) is 5.75 Å². The molecule has 0 spiro atoms. The average Bonchev–Trinajstić information content (AvgIpc) is 2.39. The van der Waals surface area contributed by atoms with Gasteiger partial charge in [-0.1, -0.05) is 6.07 Å². The summed E-state index contributed by atoms with van der Waals surface area (Å²) >= 11 is 0. The summed E-state index contributed by atoms with van der Waals surface area (Å²) < 4.78 is 5.69. The van der Waals surface area contributed by atoms with Gasteiger partial charge in [-0.15, -0.1) is 0 Å². The number of anilines is 1. The van der Waals surface area contributed by atoms with Crippen molar-refractivity contribution in [2.24, 2.45) is 5.92 Å². The summed E-state index contributed by atoms with van der Waals surface area (Å²) in [4.78, 5) is 2.20. The van der Waals surface area contributed by atoms with E-state index < -0.39 is 6.10 Å². The largest absolute Gasteiger partial charge is 0.491 e. The molecule has 106 valence electrons. The van der Waals surface area contributed by atoms with Gasteiger partial charge in [0, 0.05) is 30.8 Å². The Morgan fingerprint density at radius 3 is 2.89 bits per heavy atom. The van der Waals surface area contributed by atoms with Crippen LogP contribution in [-0.4, -0.2) is 42.1 Å². The molecule has 19 heavy (non-hydrogen) atoms. The van der Waals surface area contributed by atoms with Crippen LogP contribution >= 0.6 is 0 Å². The second kappa shape index (κ2) is 6.26. The first kappa shape index (κ1) is 14.2. The Bertz CT molecular complexity index is 408. The lowest BCUT2D eigenvalue weighted by Crippen LogP contribution is -2.44. The first-order valence-corrected chi connectivity index (χ1v) is 6.90. The lowest BCUT2D eigenvalue weighted by atomic mass is 9.95. The van der Waals surface area contributed by atoms with Crippen molar-refractivity contribution < 1.29 is 14.9 Å². The zero-order valence-corrected chi connectivity index (χ0v) is 11.6. The van der Waals surface area contributed by atoms with E-state index in [1.54, 1.807) is 0 Å². The molecule has 2 rings (SSSR count). The van der Waals surface area contributed by atoms with Gasteiger partial charge in [0.15, 0.2) is 0 Å². The van der Waals surface area contributed by atoms with Gasteiger partial charge in [0.1, 0.15) is 5.75 Å². The van der Waals surface area contributed by atoms with Gasteiger partial charge in [-0.25, -0.2) is 0 Å². The summed E-state index contributed by atoms with van der Waals surface area (Å²) in [5.74, 6) is 0.794. The van der Waals surface area contributed by atoms with Gasteiger partial charge in [-0.05, 0) is 32.4 Å². The van der Waals surface area contributed by atoms with Crippen LogP contribution in [0.5, 0.6) is 5.75 Å². The standard InChI is InChI=1S/C15H23NO3/c1-11(2)19-14-5-3-4-13(8-14)16-7-6-15(18)12(9-16)10-17/h3-5,8,11-12,15,17-18H,6-7,9-10H2,1-2H3. The van der Waals surface area contributed by atoms with Crippen LogP contribution in [0.2, 0.25) is 0 Å². The van der Waals surface area contributed by atoms with Crippen LogP contribution in [0.15, 0.2) is 24.3 Å². The second-order valence-corrected chi connectivity index (χ2v) is 5.41. The predicted molar refractivity (Wildman–Crippen MR) is 75.6 cm³/mol. The third-order valence-corrected chi connectivity index (χ3v) is 3.48. The molecule has 1 aromatic rings. The van der Waals surface area contributed by atoms with E-state index in [1.165, 1.54) is 0 Å². The van der Waals surface area contributed by atoms with Gasteiger partial charge < -0.3 is 19.8 Å². The van der Waals surface area contributed by atoms with Crippen LogP contribution in [0.3, 0.4) is 0 Å². The second-order valence-electron chi connectivity index (χ2n) is 5.41. The fraction of sp³-hybridized carbons (Fsp3) is 0.600. The molecule has 2 N–H and O–H groups in total. The Balaban J connectivity index is 2.09. The molecule has 1 aliphatic rings. The van der Waals surface area contributed by atoms with E-state index in [1.807, 2.05) is 38.1 Å². The van der Waals surface area contributed by atoms with Gasteiger partial charge >= 0.3 is 0 Å². The molecular formula is C15H23NO3. The highest BCUT2D eigenvalue weighted by atomic mass is 16.5. The van der Waals surface area contributed by atoms with Crippen molar-refractivity contribution in [3.05, 3.63) is 24.3 Å². The first-order valence-electron chi connectivity index (χ1n) is 6.90. The Kier molecular flexibility index (Phi) is 4.66. The van der Waals surface area contributed by atoms with E-state index in [-0.39, 0.29) is 18.6 Å². The van der Waals surface area contributed by atoms with Gasteiger partial charge in [0.2, 0.25) is 0 Å². The monoisotopic (exact) mass is 265 g/mol. The lowest BCUT2D eigenvalue weighted by Gasteiger charge is -2.36. The minimum atomic E-state index is -0.392. The molecule has 1 aromatic carbocycles. The minimum absolute atomic E-state index is 0.0276. The summed E-state index contributed by atoms with van der Waals surface area (Å²) in [6, 6.07) is 7.99. The number of aliphatic hydroxyl groups is 2. The molecule has 2 unspecified atom stereocenters. The summed E-state index contributed by atoms with van der Waals surface area (Å²) in [5, 5.41) is 19.1. The predicted octanol–water partition coefficient (Wildman–Crippen LogP) is 1.65. The highest BCUT2D eigenvalue weighted by Crippen LogP contribution is 2.26. The van der Waals surface area contributed by atoms with E-state index in [0.29, 0.717) is 13.0 Å². The molecule has 0 amide bonds. The number of benzene rings is 1. The zero-order valence-electron chi connectivity index (χ0n) is 11.6. The van der Waals surface area contributed by atoms with Gasteiger partial charge in [0.05, 0.1) is 18.8 Å². The Morgan fingerprint density at radius 2 is 2.21 bits per heavy atom. The molecule has 1 aliphatic heterocycles. The van der Waals surface area contributed by atoms with Crippen molar-refractivity contribution in [2.45, 2.75) is 32.5 Å². The van der Waals surface area contributed by atoms with Crippen LogP contribution in [0.1, 0.15) is 20.3 Å². The molecule has 1 fully saturated rings. The maximum Gasteiger partial charge on any atom is 0.121 e. The smallest absolute Gasteiger partial charge is 0.121 e. The van der Waals surface area contributed by atoms with Crippen molar-refractivity contribution in [3.63, 3.8) is 0 Å². The molecule has 4 nitrogen and oxygen atoms in total. The summed E-state index contributed by atoms with van der Waals surface area (Å²) in [7, 11) is 0. The summed E-state index contributed by atoms with van der Waals surface area (Å²) in [5.41, 5.74) is 1.09. The van der Waals surface area contributed by atoms with E-state index >= 15 is 0 Å². The molecule has 0 saturated carbocycles. The summed E-state index contributed by atoms with van der Waals surface area (Å²) in [6.45, 7) is 5.53. The minimum Gasteiger partial charge on any atom is -0.491 e. The third kappa shape index (κ3) is 3.61. The number of piperidine rings is 1. The van der Waals surface area contributed by atoms with Crippen molar-refractivity contribution in [2.75, 3.05) is 24.6 Å². The van der Waals surface area contributed by atoms with Gasteiger partial charge in [0.25, 0.3) is 0 Å². The topological polar surface area (TPSA) is 52.9 Å². The Hall–Kier alpha value is -1.26. The molecule has 0 aliphatic carbocycles.